The Balaban J connectivity index is 1.48. The second-order valence-corrected chi connectivity index (χ2v) is 17.9. The molecule has 0 N–H and O–H groups in total. The normalized spacial score (nSPS) is 23.0. The smallest absolute Gasteiger partial charge is 0.0620 e. The van der Waals surface area contributed by atoms with Crippen molar-refractivity contribution in [2.75, 3.05) is 0 Å². The van der Waals surface area contributed by atoms with Gasteiger partial charge in [0.1, 0.15) is 0 Å². The maximum atomic E-state index is 6.93. The Morgan fingerprint density at radius 3 is 0.974 bits per heavy atom. The summed E-state index contributed by atoms with van der Waals surface area (Å²) in [5.74, 6) is 0.963. The van der Waals surface area contributed by atoms with E-state index < -0.39 is 15.8 Å². The summed E-state index contributed by atoms with van der Waals surface area (Å²) in [6, 6.07) is 45.2. The molecule has 2 saturated heterocycles. The Labute approximate surface area is 237 Å². The molecular weight excluding hydrogens is 510 g/mol. The summed E-state index contributed by atoms with van der Waals surface area (Å²) in [5, 5.41) is 6.00. The highest BCUT2D eigenvalue weighted by Crippen LogP contribution is 2.66. The van der Waals surface area contributed by atoms with E-state index in [4.69, 9.17) is 4.74 Å². The van der Waals surface area contributed by atoms with E-state index in [9.17, 15) is 0 Å². The van der Waals surface area contributed by atoms with E-state index in [-0.39, 0.29) is 10.3 Å². The van der Waals surface area contributed by atoms with Crippen LogP contribution in [0, 0.1) is 11.8 Å². The van der Waals surface area contributed by atoms with Crippen molar-refractivity contribution in [3.05, 3.63) is 121 Å². The quantitative estimate of drug-likeness (QED) is 0.205. The first-order chi connectivity index (χ1) is 18.9. The SMILES string of the molecule is CC(C)([C@H]1C2CCC(O2)[C@@H]1C(C)(C)P(c1ccccc1)c1ccccc1)P(c1ccccc1)c1ccccc1. The molecule has 1 nitrogen and oxygen atoms in total. The van der Waals surface area contributed by atoms with Crippen LogP contribution in [0.5, 0.6) is 0 Å². The van der Waals surface area contributed by atoms with Crippen LogP contribution >= 0.6 is 15.8 Å². The van der Waals surface area contributed by atoms with E-state index >= 15 is 0 Å². The minimum atomic E-state index is -0.591. The maximum absolute atomic E-state index is 6.93. The molecule has 4 atom stereocenters. The van der Waals surface area contributed by atoms with Crippen LogP contribution < -0.4 is 21.2 Å². The van der Waals surface area contributed by atoms with Gasteiger partial charge in [0, 0.05) is 11.8 Å². The number of rotatable bonds is 8. The first kappa shape index (κ1) is 26.9. The predicted molar refractivity (Wildman–Crippen MR) is 171 cm³/mol. The number of hydrogen-bond acceptors (Lipinski definition) is 1. The minimum Gasteiger partial charge on any atom is -0.374 e. The van der Waals surface area contributed by atoms with Gasteiger partial charge in [-0.25, -0.2) is 0 Å². The third kappa shape index (κ3) is 4.93. The second-order valence-electron chi connectivity index (χ2n) is 12.2. The van der Waals surface area contributed by atoms with Crippen LogP contribution in [0.4, 0.5) is 0 Å². The van der Waals surface area contributed by atoms with Crippen LogP contribution in [0.1, 0.15) is 40.5 Å². The fourth-order valence-electron chi connectivity index (χ4n) is 7.70. The van der Waals surface area contributed by atoms with E-state index in [1.807, 2.05) is 0 Å². The second kappa shape index (κ2) is 10.9. The lowest BCUT2D eigenvalue weighted by molar-refractivity contribution is 0.0826. The molecule has 3 heteroatoms. The van der Waals surface area contributed by atoms with Crippen molar-refractivity contribution >= 4 is 37.1 Å². The molecule has 4 aromatic carbocycles. The van der Waals surface area contributed by atoms with Gasteiger partial charge in [-0.3, -0.25) is 0 Å². The zero-order chi connectivity index (χ0) is 27.0. The van der Waals surface area contributed by atoms with Gasteiger partial charge in [0.2, 0.25) is 0 Å². The lowest BCUT2D eigenvalue weighted by atomic mass is 9.68. The fourth-order valence-corrected chi connectivity index (χ4v) is 14.1. The van der Waals surface area contributed by atoms with E-state index in [0.29, 0.717) is 24.0 Å². The predicted octanol–water partition coefficient (Wildman–Crippen LogP) is 7.60. The standard InChI is InChI=1S/C36H40OP2/c1-35(2,38(27-17-9-5-10-18-27)28-19-11-6-12-20-28)33-31-25-26-32(37-31)34(33)36(3,4)39(29-21-13-7-14-22-29)30-23-15-8-16-24-30/h5-24,31-34H,25-26H2,1-4H3/t31?,32?,33-,34-/m0/s1. The lowest BCUT2D eigenvalue weighted by Crippen LogP contribution is -2.52. The number of ether oxygens (including phenoxy) is 1. The molecule has 4 aromatic rings. The Bertz CT molecular complexity index is 1170. The summed E-state index contributed by atoms with van der Waals surface area (Å²) in [5.41, 5.74) is 0. The molecule has 2 aliphatic heterocycles. The average molecular weight is 551 g/mol. The summed E-state index contributed by atoms with van der Waals surface area (Å²) in [6.45, 7) is 10.2. The molecule has 0 aliphatic carbocycles. The molecule has 2 heterocycles. The van der Waals surface area contributed by atoms with Gasteiger partial charge in [-0.2, -0.15) is 0 Å². The molecule has 200 valence electrons. The number of fused-ring (bicyclic) bond motifs is 2. The molecule has 0 amide bonds. The highest BCUT2D eigenvalue weighted by Gasteiger charge is 2.62. The van der Waals surface area contributed by atoms with Crippen molar-refractivity contribution in [2.45, 2.75) is 63.1 Å². The third-order valence-corrected chi connectivity index (χ3v) is 15.3. The van der Waals surface area contributed by atoms with Crippen LogP contribution in [0.3, 0.4) is 0 Å². The molecule has 2 unspecified atom stereocenters. The summed E-state index contributed by atoms with van der Waals surface area (Å²) >= 11 is 0. The number of hydrogen-bond donors (Lipinski definition) is 0. The van der Waals surface area contributed by atoms with Gasteiger partial charge in [0.05, 0.1) is 12.2 Å². The molecule has 2 fully saturated rings. The number of benzene rings is 4. The summed E-state index contributed by atoms with van der Waals surface area (Å²) in [7, 11) is -1.18. The summed E-state index contributed by atoms with van der Waals surface area (Å²) in [4.78, 5) is 0. The molecular formula is C36H40OP2. The Morgan fingerprint density at radius 2 is 0.718 bits per heavy atom. The minimum absolute atomic E-state index is 0.0637. The van der Waals surface area contributed by atoms with Crippen molar-refractivity contribution in [3.63, 3.8) is 0 Å². The molecule has 0 radical (unpaired) electrons. The van der Waals surface area contributed by atoms with Gasteiger partial charge in [-0.05, 0) is 60.2 Å². The third-order valence-electron chi connectivity index (χ3n) is 9.11. The van der Waals surface area contributed by atoms with E-state index in [1.165, 1.54) is 34.1 Å². The highest BCUT2D eigenvalue weighted by atomic mass is 31.1. The van der Waals surface area contributed by atoms with Crippen LogP contribution in [0.25, 0.3) is 0 Å². The van der Waals surface area contributed by atoms with Crippen molar-refractivity contribution in [3.8, 4) is 0 Å². The first-order valence-corrected chi connectivity index (χ1v) is 17.0. The topological polar surface area (TPSA) is 9.23 Å². The molecule has 6 rings (SSSR count). The summed E-state index contributed by atoms with van der Waals surface area (Å²) in [6.07, 6.45) is 3.03. The van der Waals surface area contributed by atoms with E-state index in [1.54, 1.807) is 0 Å². The van der Waals surface area contributed by atoms with Crippen molar-refractivity contribution < 1.29 is 4.74 Å². The van der Waals surface area contributed by atoms with Crippen LogP contribution in [0.2, 0.25) is 0 Å². The van der Waals surface area contributed by atoms with Crippen LogP contribution in [0.15, 0.2) is 121 Å². The fraction of sp³-hybridized carbons (Fsp3) is 0.333. The monoisotopic (exact) mass is 550 g/mol. The van der Waals surface area contributed by atoms with Gasteiger partial charge >= 0.3 is 0 Å². The van der Waals surface area contributed by atoms with Crippen LogP contribution in [-0.2, 0) is 4.74 Å². The van der Waals surface area contributed by atoms with Gasteiger partial charge in [0.15, 0.2) is 0 Å². The van der Waals surface area contributed by atoms with Crippen molar-refractivity contribution in [1.29, 1.82) is 0 Å². The Kier molecular flexibility index (Phi) is 7.54. The summed E-state index contributed by atoms with van der Waals surface area (Å²) < 4.78 is 6.93. The molecule has 39 heavy (non-hydrogen) atoms. The molecule has 2 bridgehead atoms. The largest absolute Gasteiger partial charge is 0.374 e. The first-order valence-electron chi connectivity index (χ1n) is 14.3. The molecule has 0 spiro atoms. The van der Waals surface area contributed by atoms with Gasteiger partial charge in [0.25, 0.3) is 0 Å². The van der Waals surface area contributed by atoms with Crippen molar-refractivity contribution in [2.24, 2.45) is 11.8 Å². The van der Waals surface area contributed by atoms with Gasteiger partial charge in [-0.15, -0.1) is 0 Å². The van der Waals surface area contributed by atoms with Crippen molar-refractivity contribution in [1.82, 2.24) is 0 Å². The van der Waals surface area contributed by atoms with Gasteiger partial charge in [-0.1, -0.05) is 149 Å². The highest BCUT2D eigenvalue weighted by molar-refractivity contribution is 7.75. The average Bonchev–Trinajstić information content (AvgIpc) is 3.58. The van der Waals surface area contributed by atoms with Crippen LogP contribution in [-0.4, -0.2) is 22.5 Å². The van der Waals surface area contributed by atoms with E-state index in [2.05, 4.69) is 149 Å². The lowest BCUT2D eigenvalue weighted by Gasteiger charge is -2.52. The molecule has 0 aromatic heterocycles. The molecule has 2 aliphatic rings. The zero-order valence-electron chi connectivity index (χ0n) is 23.6. The molecule has 0 saturated carbocycles. The zero-order valence-corrected chi connectivity index (χ0v) is 25.4. The van der Waals surface area contributed by atoms with Gasteiger partial charge < -0.3 is 4.74 Å². The Morgan fingerprint density at radius 1 is 0.462 bits per heavy atom. The Hall–Kier alpha value is -2.30. The van der Waals surface area contributed by atoms with E-state index in [0.717, 1.165) is 0 Å². The maximum Gasteiger partial charge on any atom is 0.0620 e.